The van der Waals surface area contributed by atoms with Gasteiger partial charge in [-0.15, -0.1) is 0 Å². The molecule has 306 valence electrons. The van der Waals surface area contributed by atoms with Gasteiger partial charge < -0.3 is 19.7 Å². The zero-order valence-electron chi connectivity index (χ0n) is 34.5. The number of hydrogen-bond donors (Lipinski definition) is 3. The van der Waals surface area contributed by atoms with Crippen molar-refractivity contribution in [3.05, 3.63) is 41.5 Å². The summed E-state index contributed by atoms with van der Waals surface area (Å²) in [5.41, 5.74) is 3.70. The van der Waals surface area contributed by atoms with Gasteiger partial charge in [-0.05, 0) is 126 Å². The molecule has 10 heteroatoms. The highest BCUT2D eigenvalue weighted by atomic mass is 32.3. The van der Waals surface area contributed by atoms with E-state index >= 15 is 0 Å². The van der Waals surface area contributed by atoms with Crippen LogP contribution in [0, 0.1) is 51.2 Å². The summed E-state index contributed by atoms with van der Waals surface area (Å²) in [6.07, 6.45) is 12.8. The van der Waals surface area contributed by atoms with Gasteiger partial charge in [0.2, 0.25) is 5.91 Å². The number of carbonyl (C=O) groups excluding carboxylic acids is 2. The van der Waals surface area contributed by atoms with Gasteiger partial charge in [0.05, 0.1) is 37.4 Å². The third kappa shape index (κ3) is 6.46. The van der Waals surface area contributed by atoms with Crippen molar-refractivity contribution in [3.63, 3.8) is 0 Å². The average molecular weight is 780 g/mol. The van der Waals surface area contributed by atoms with Gasteiger partial charge >= 0.3 is 5.97 Å². The van der Waals surface area contributed by atoms with Gasteiger partial charge in [-0.3, -0.25) is 18.8 Å². The number of fused-ring (bicyclic) bond motifs is 7. The van der Waals surface area contributed by atoms with Crippen molar-refractivity contribution in [1.82, 2.24) is 15.1 Å². The van der Waals surface area contributed by atoms with Crippen LogP contribution in [-0.4, -0.2) is 107 Å². The largest absolute Gasteiger partial charge is 0.465 e. The molecule has 4 saturated carbocycles. The van der Waals surface area contributed by atoms with Gasteiger partial charge in [-0.25, -0.2) is 4.79 Å². The number of hydrogen-bond acceptors (Lipinski definition) is 8. The van der Waals surface area contributed by atoms with Gasteiger partial charge in [0.15, 0.2) is 0 Å². The lowest BCUT2D eigenvalue weighted by Gasteiger charge is -2.72. The summed E-state index contributed by atoms with van der Waals surface area (Å²) in [6, 6.07) is 8.05. The van der Waals surface area contributed by atoms with Crippen LogP contribution in [0.3, 0.4) is 0 Å². The Morgan fingerprint density at radius 2 is 1.58 bits per heavy atom. The number of amides is 1. The number of methoxy groups -OCH3 is 1. The van der Waals surface area contributed by atoms with Crippen LogP contribution in [0.1, 0.15) is 108 Å². The smallest absolute Gasteiger partial charge is 0.337 e. The molecule has 55 heavy (non-hydrogen) atoms. The van der Waals surface area contributed by atoms with Crippen LogP contribution in [0.5, 0.6) is 0 Å². The van der Waals surface area contributed by atoms with Gasteiger partial charge in [0.1, 0.15) is 0 Å². The van der Waals surface area contributed by atoms with Crippen molar-refractivity contribution in [3.8, 4) is 0 Å². The minimum absolute atomic E-state index is 0.00283. The Bertz CT molecular complexity index is 1650. The number of esters is 1. The maximum atomic E-state index is 14.6. The molecule has 8 rings (SSSR count). The normalized spacial score (nSPS) is 41.5. The van der Waals surface area contributed by atoms with Crippen LogP contribution >= 0.6 is 10.6 Å². The molecule has 5 aliphatic carbocycles. The number of allylic oxidation sites excluding steroid dienone is 2. The molecular weight excluding hydrogens is 711 g/mol. The van der Waals surface area contributed by atoms with E-state index in [9.17, 15) is 18.7 Å². The van der Waals surface area contributed by atoms with Crippen molar-refractivity contribution in [2.24, 2.45) is 51.2 Å². The number of benzene rings is 1. The Morgan fingerprint density at radius 3 is 2.27 bits per heavy atom. The molecule has 2 aliphatic heterocycles. The lowest BCUT2D eigenvalue weighted by Crippen LogP contribution is -2.68. The minimum atomic E-state index is -2.41. The van der Waals surface area contributed by atoms with Crippen LogP contribution in [0.4, 0.5) is 0 Å². The Morgan fingerprint density at radius 1 is 0.873 bits per heavy atom. The molecule has 1 aromatic rings. The topological polar surface area (TPSA) is 112 Å². The molecule has 0 radical (unpaired) electrons. The fraction of sp³-hybridized carbons (Fsp3) is 0.778. The first-order chi connectivity index (χ1) is 26.1. The molecule has 1 amide bonds. The van der Waals surface area contributed by atoms with E-state index in [4.69, 9.17) is 9.47 Å². The Labute approximate surface area is 332 Å². The summed E-state index contributed by atoms with van der Waals surface area (Å²) in [5.74, 6) is 3.07. The van der Waals surface area contributed by atoms with E-state index in [0.29, 0.717) is 73.0 Å². The van der Waals surface area contributed by atoms with Crippen LogP contribution in [0.2, 0.25) is 0 Å². The third-order valence-electron chi connectivity index (χ3n) is 17.6. The summed E-state index contributed by atoms with van der Waals surface area (Å²) < 4.78 is 31.1. The first kappa shape index (κ1) is 39.9. The zero-order valence-corrected chi connectivity index (χ0v) is 35.4. The highest BCUT2D eigenvalue weighted by molar-refractivity contribution is 8.24. The van der Waals surface area contributed by atoms with Crippen molar-refractivity contribution in [2.45, 2.75) is 97.9 Å². The monoisotopic (exact) mass is 779 g/mol. The molecule has 0 bridgehead atoms. The number of nitrogens with zero attached hydrogens (tertiary/aromatic N) is 2. The first-order valence-electron chi connectivity index (χ1n) is 21.6. The maximum Gasteiger partial charge on any atom is 0.337 e. The lowest BCUT2D eigenvalue weighted by molar-refractivity contribution is -0.221. The Hall–Kier alpha value is -1.95. The predicted octanol–water partition coefficient (Wildman–Crippen LogP) is 7.82. The van der Waals surface area contributed by atoms with E-state index in [2.05, 4.69) is 67.9 Å². The second-order valence-electron chi connectivity index (χ2n) is 20.0. The summed E-state index contributed by atoms with van der Waals surface area (Å²) in [4.78, 5) is 31.3. The van der Waals surface area contributed by atoms with E-state index in [1.165, 1.54) is 50.4 Å². The fourth-order valence-corrected chi connectivity index (χ4v) is 16.0. The van der Waals surface area contributed by atoms with E-state index in [-0.39, 0.29) is 39.1 Å². The number of morpholine rings is 1. The highest BCUT2D eigenvalue weighted by Crippen LogP contribution is 2.76. The standard InChI is InChI=1S/C45H69N3O6S/c1-41(2)34(31-7-9-32(10-8-31)40(50)53-6)14-16-42(3)36(41)15-17-44(5)37(42)12-11-35-38-33(39(49)48-23-27-54-28-24-48)13-18-45(38,20-19-43(35,44)4)46-21-22-47-25-29-55(51,52)30-26-47/h7-10,14,33,35-38,46,51-52H,11-13,15-30H2,1-6H3/t33-,35-,36+,37-,38-,42+,43-,44-,45+/m1/s1. The number of nitrogens with one attached hydrogen (secondary N) is 1. The van der Waals surface area contributed by atoms with Crippen molar-refractivity contribution < 1.29 is 28.2 Å². The van der Waals surface area contributed by atoms with Crippen LogP contribution in [-0.2, 0) is 14.3 Å². The molecule has 0 aromatic heterocycles. The molecule has 6 fully saturated rings. The molecule has 9 nitrogen and oxygen atoms in total. The lowest BCUT2D eigenvalue weighted by atomic mass is 9.33. The van der Waals surface area contributed by atoms with E-state index < -0.39 is 10.6 Å². The second-order valence-corrected chi connectivity index (χ2v) is 22.4. The average Bonchev–Trinajstić information content (AvgIpc) is 3.55. The predicted molar refractivity (Wildman–Crippen MR) is 220 cm³/mol. The van der Waals surface area contributed by atoms with E-state index in [1.54, 1.807) is 0 Å². The molecule has 7 aliphatic rings. The summed E-state index contributed by atoms with van der Waals surface area (Å²) in [5, 5.41) is 4.20. The second kappa shape index (κ2) is 14.4. The third-order valence-corrected chi connectivity index (χ3v) is 19.3. The van der Waals surface area contributed by atoms with E-state index in [1.807, 2.05) is 12.1 Å². The van der Waals surface area contributed by atoms with Crippen molar-refractivity contribution >= 4 is 28.0 Å². The van der Waals surface area contributed by atoms with Crippen molar-refractivity contribution in [1.29, 1.82) is 0 Å². The molecule has 2 heterocycles. The van der Waals surface area contributed by atoms with Gasteiger partial charge in [-0.2, -0.15) is 10.6 Å². The molecule has 2 saturated heterocycles. The highest BCUT2D eigenvalue weighted by Gasteiger charge is 2.71. The summed E-state index contributed by atoms with van der Waals surface area (Å²) >= 11 is 0. The van der Waals surface area contributed by atoms with Crippen LogP contribution in [0.15, 0.2) is 30.3 Å². The van der Waals surface area contributed by atoms with Crippen LogP contribution in [0.25, 0.3) is 5.57 Å². The maximum absolute atomic E-state index is 14.6. The number of ether oxygens (including phenoxy) is 2. The molecule has 1 aromatic carbocycles. The molecule has 0 unspecified atom stereocenters. The number of carbonyl (C=O) groups is 2. The quantitative estimate of drug-likeness (QED) is 0.241. The molecule has 0 spiro atoms. The van der Waals surface area contributed by atoms with Gasteiger partial charge in [0, 0.05) is 50.7 Å². The first-order valence-corrected chi connectivity index (χ1v) is 23.4. The fourth-order valence-electron chi connectivity index (χ4n) is 14.6. The molecule has 9 atom stereocenters. The van der Waals surface area contributed by atoms with Gasteiger partial charge in [-0.1, -0.05) is 52.8 Å². The number of rotatable bonds is 7. The zero-order chi connectivity index (χ0) is 39.0. The Balaban J connectivity index is 1.07. The Kier molecular flexibility index (Phi) is 10.4. The molecular formula is C45H69N3O6S. The minimum Gasteiger partial charge on any atom is -0.465 e. The summed E-state index contributed by atoms with van der Waals surface area (Å²) in [6.45, 7) is 18.9. The summed E-state index contributed by atoms with van der Waals surface area (Å²) in [7, 11) is -0.973. The SMILES string of the molecule is COC(=O)c1ccc(C2=CC[C@]3(C)[C@H]4CC[C@@H]5[C@H]6[C@H](C(=O)N7CCOCC7)CC[C@]6(NCCN6CCS(O)(O)CC6)CC[C@@]5(C)[C@]4(C)CC[C@H]3C2(C)C)cc1. The van der Waals surface area contributed by atoms with E-state index in [0.717, 1.165) is 51.9 Å². The van der Waals surface area contributed by atoms with Gasteiger partial charge in [0.25, 0.3) is 0 Å². The van der Waals surface area contributed by atoms with Crippen LogP contribution < -0.4 is 5.32 Å². The molecule has 3 N–H and O–H groups in total. The van der Waals surface area contributed by atoms with Crippen molar-refractivity contribution in [2.75, 3.05) is 71.1 Å².